The largest absolute Gasteiger partial charge is 0.469 e. The van der Waals surface area contributed by atoms with Gasteiger partial charge in [0.15, 0.2) is 5.82 Å². The highest BCUT2D eigenvalue weighted by Crippen LogP contribution is 2.24. The van der Waals surface area contributed by atoms with Gasteiger partial charge < -0.3 is 14.2 Å². The Hall–Kier alpha value is -3.20. The molecule has 0 bridgehead atoms. The normalized spacial score (nSPS) is 14.3. The summed E-state index contributed by atoms with van der Waals surface area (Å²) in [7, 11) is 0. The molecule has 0 spiro atoms. The fraction of sp³-hybridized carbons (Fsp3) is 0.250. The van der Waals surface area contributed by atoms with Crippen molar-refractivity contribution in [3.8, 4) is 5.69 Å². The van der Waals surface area contributed by atoms with E-state index in [9.17, 15) is 18.4 Å². The lowest BCUT2D eigenvalue weighted by atomic mass is 10.2. The van der Waals surface area contributed by atoms with Gasteiger partial charge in [-0.3, -0.25) is 9.59 Å². The summed E-state index contributed by atoms with van der Waals surface area (Å²) in [5.74, 6) is -1.24. The molecule has 0 aliphatic carbocycles. The van der Waals surface area contributed by atoms with Crippen LogP contribution in [0.25, 0.3) is 5.69 Å². The third-order valence-corrected chi connectivity index (χ3v) is 5.39. The molecule has 0 unspecified atom stereocenters. The van der Waals surface area contributed by atoms with Gasteiger partial charge in [0.2, 0.25) is 0 Å². The van der Waals surface area contributed by atoms with Crippen molar-refractivity contribution >= 4 is 23.2 Å². The van der Waals surface area contributed by atoms with E-state index in [0.717, 1.165) is 16.8 Å². The number of carbonyl (C=O) groups is 1. The lowest BCUT2D eigenvalue weighted by Gasteiger charge is -2.36. The molecule has 1 aliphatic rings. The minimum absolute atomic E-state index is 0.118. The van der Waals surface area contributed by atoms with Crippen LogP contribution in [0.4, 0.5) is 14.5 Å². The molecule has 1 aliphatic heterocycles. The van der Waals surface area contributed by atoms with Crippen molar-refractivity contribution in [1.29, 1.82) is 0 Å². The first-order valence-corrected chi connectivity index (χ1v) is 9.56. The molecule has 0 saturated carbocycles. The molecule has 0 radical (unpaired) electrons. The Morgan fingerprint density at radius 3 is 2.50 bits per heavy atom. The van der Waals surface area contributed by atoms with Crippen molar-refractivity contribution < 1.29 is 18.0 Å². The van der Waals surface area contributed by atoms with Crippen molar-refractivity contribution in [2.45, 2.75) is 6.92 Å². The number of halogens is 3. The average molecular weight is 435 g/mol. The van der Waals surface area contributed by atoms with Gasteiger partial charge in [0.25, 0.3) is 11.5 Å². The highest BCUT2D eigenvalue weighted by molar-refractivity contribution is 6.33. The van der Waals surface area contributed by atoms with Crippen LogP contribution in [0.15, 0.2) is 45.9 Å². The molecule has 1 amide bonds. The first kappa shape index (κ1) is 20.1. The minimum Gasteiger partial charge on any atom is -0.469 e. The molecule has 0 atom stereocenters. The topological polar surface area (TPSA) is 71.6 Å². The number of aryl methyl sites for hydroxylation is 1. The molecule has 0 N–H and O–H groups in total. The molecule has 10 heteroatoms. The summed E-state index contributed by atoms with van der Waals surface area (Å²) >= 11 is 6.26. The quantitative estimate of drug-likeness (QED) is 0.633. The molecule has 1 fully saturated rings. The van der Waals surface area contributed by atoms with Crippen LogP contribution in [0.3, 0.4) is 0 Å². The number of piperazine rings is 1. The Kier molecular flexibility index (Phi) is 5.29. The van der Waals surface area contributed by atoms with E-state index < -0.39 is 17.2 Å². The summed E-state index contributed by atoms with van der Waals surface area (Å²) in [5.41, 5.74) is 0.00653. The molecule has 1 aromatic carbocycles. The average Bonchev–Trinajstić information content (AvgIpc) is 3.16. The van der Waals surface area contributed by atoms with Gasteiger partial charge in [-0.1, -0.05) is 11.6 Å². The smallest absolute Gasteiger partial charge is 0.292 e. The molecule has 4 rings (SSSR count). The molecule has 156 valence electrons. The van der Waals surface area contributed by atoms with Crippen molar-refractivity contribution in [2.24, 2.45) is 0 Å². The van der Waals surface area contributed by atoms with E-state index in [4.69, 9.17) is 16.0 Å². The number of hydrogen-bond donors (Lipinski definition) is 0. The molecule has 3 aromatic rings. The Balaban J connectivity index is 1.53. The molecule has 2 aromatic heterocycles. The summed E-state index contributed by atoms with van der Waals surface area (Å²) in [6.45, 7) is 3.47. The third kappa shape index (κ3) is 3.56. The van der Waals surface area contributed by atoms with Gasteiger partial charge in [-0.15, -0.1) is 0 Å². The standard InChI is InChI=1S/C20H17ClF2N4O3/c1-12-14(4-9-30-12)19(28)26-7-5-25(6-8-26)17-11-24-27(20(29)18(17)21)16-3-2-13(22)10-15(16)23/h2-4,9-11H,5-8H2,1H3. The van der Waals surface area contributed by atoms with Crippen LogP contribution >= 0.6 is 11.6 Å². The number of nitrogens with zero attached hydrogens (tertiary/aromatic N) is 4. The number of furan rings is 1. The minimum atomic E-state index is -0.921. The van der Waals surface area contributed by atoms with Crippen LogP contribution in [0.1, 0.15) is 16.1 Å². The zero-order valence-electron chi connectivity index (χ0n) is 15.9. The van der Waals surface area contributed by atoms with Crippen LogP contribution in [-0.4, -0.2) is 46.8 Å². The van der Waals surface area contributed by atoms with Crippen LogP contribution in [0.5, 0.6) is 0 Å². The lowest BCUT2D eigenvalue weighted by Crippen LogP contribution is -2.49. The summed E-state index contributed by atoms with van der Waals surface area (Å²) in [6, 6.07) is 4.46. The number of anilines is 1. The molecular formula is C20H17ClF2N4O3. The highest BCUT2D eigenvalue weighted by atomic mass is 35.5. The Morgan fingerprint density at radius 1 is 1.13 bits per heavy atom. The van der Waals surface area contributed by atoms with Crippen molar-refractivity contribution in [1.82, 2.24) is 14.7 Å². The second kappa shape index (κ2) is 7.91. The molecule has 30 heavy (non-hydrogen) atoms. The molecule has 1 saturated heterocycles. The summed E-state index contributed by atoms with van der Waals surface area (Å²) < 4.78 is 33.1. The van der Waals surface area contributed by atoms with Crippen molar-refractivity contribution in [3.63, 3.8) is 0 Å². The predicted molar refractivity (Wildman–Crippen MR) is 106 cm³/mol. The van der Waals surface area contributed by atoms with Crippen LogP contribution in [-0.2, 0) is 0 Å². The van der Waals surface area contributed by atoms with Crippen molar-refractivity contribution in [3.05, 3.63) is 75.1 Å². The highest BCUT2D eigenvalue weighted by Gasteiger charge is 2.26. The summed E-state index contributed by atoms with van der Waals surface area (Å²) in [6.07, 6.45) is 2.84. The van der Waals surface area contributed by atoms with E-state index in [1.54, 1.807) is 17.9 Å². The summed E-state index contributed by atoms with van der Waals surface area (Å²) in [4.78, 5) is 28.8. The second-order valence-corrected chi connectivity index (χ2v) is 7.20. The number of hydrogen-bond acceptors (Lipinski definition) is 5. The number of benzene rings is 1. The fourth-order valence-corrected chi connectivity index (χ4v) is 3.65. The number of aromatic nitrogens is 2. The molecule has 3 heterocycles. The maximum Gasteiger partial charge on any atom is 0.292 e. The monoisotopic (exact) mass is 434 g/mol. The van der Waals surface area contributed by atoms with Gasteiger partial charge in [0.1, 0.15) is 22.3 Å². The first-order valence-electron chi connectivity index (χ1n) is 9.18. The Morgan fingerprint density at radius 2 is 1.87 bits per heavy atom. The third-order valence-electron chi connectivity index (χ3n) is 5.04. The Labute approximate surface area is 175 Å². The van der Waals surface area contributed by atoms with Crippen LogP contribution in [0, 0.1) is 18.6 Å². The van der Waals surface area contributed by atoms with Gasteiger partial charge in [-0.25, -0.2) is 8.78 Å². The first-order chi connectivity index (χ1) is 14.4. The Bertz CT molecular complexity index is 1170. The van der Waals surface area contributed by atoms with Crippen LogP contribution < -0.4 is 10.5 Å². The van der Waals surface area contributed by atoms with E-state index in [0.29, 0.717) is 49.3 Å². The van der Waals surface area contributed by atoms with E-state index >= 15 is 0 Å². The molecular weight excluding hydrogens is 418 g/mol. The zero-order chi connectivity index (χ0) is 21.4. The van der Waals surface area contributed by atoms with Crippen LogP contribution in [0.2, 0.25) is 5.02 Å². The fourth-order valence-electron chi connectivity index (χ4n) is 3.40. The second-order valence-electron chi connectivity index (χ2n) is 6.83. The van der Waals surface area contributed by atoms with Crippen molar-refractivity contribution in [2.75, 3.05) is 31.1 Å². The van der Waals surface area contributed by atoms with E-state index in [-0.39, 0.29) is 16.6 Å². The predicted octanol–water partition coefficient (Wildman–Crippen LogP) is 3.03. The maximum absolute atomic E-state index is 14.0. The SMILES string of the molecule is Cc1occc1C(=O)N1CCN(c2cnn(-c3ccc(F)cc3F)c(=O)c2Cl)CC1. The van der Waals surface area contributed by atoms with Gasteiger partial charge in [-0.05, 0) is 25.1 Å². The van der Waals surface area contributed by atoms with Gasteiger partial charge >= 0.3 is 0 Å². The van der Waals surface area contributed by atoms with Gasteiger partial charge in [0, 0.05) is 32.2 Å². The van der Waals surface area contributed by atoms with Gasteiger partial charge in [-0.2, -0.15) is 9.78 Å². The van der Waals surface area contributed by atoms with Gasteiger partial charge in [0.05, 0.1) is 23.7 Å². The van der Waals surface area contributed by atoms with E-state index in [1.807, 2.05) is 4.90 Å². The van der Waals surface area contributed by atoms with E-state index in [2.05, 4.69) is 5.10 Å². The molecule has 7 nitrogen and oxygen atoms in total. The zero-order valence-corrected chi connectivity index (χ0v) is 16.7. The lowest BCUT2D eigenvalue weighted by molar-refractivity contribution is 0.0745. The number of amides is 1. The summed E-state index contributed by atoms with van der Waals surface area (Å²) in [5, 5.41) is 3.88. The number of carbonyl (C=O) groups excluding carboxylic acids is 1. The maximum atomic E-state index is 14.0. The number of rotatable bonds is 3. The van der Waals surface area contributed by atoms with E-state index in [1.165, 1.54) is 12.5 Å².